The van der Waals surface area contributed by atoms with Crippen LogP contribution in [-0.4, -0.2) is 36.0 Å². The average Bonchev–Trinajstić information content (AvgIpc) is 2.05. The molecule has 0 bridgehead atoms. The number of carbonyl (C=O) groups is 1. The topological polar surface area (TPSA) is 32.3 Å². The van der Waals surface area contributed by atoms with Gasteiger partial charge in [-0.3, -0.25) is 4.79 Å². The maximum Gasteiger partial charge on any atom is 0.221 e. The van der Waals surface area contributed by atoms with Gasteiger partial charge in [0.2, 0.25) is 5.91 Å². The van der Waals surface area contributed by atoms with Crippen molar-refractivity contribution in [2.45, 2.75) is 58.0 Å². The first-order chi connectivity index (χ1) is 6.88. The molecule has 3 heteroatoms. The van der Waals surface area contributed by atoms with Gasteiger partial charge in [-0.2, -0.15) is 0 Å². The van der Waals surface area contributed by atoms with Gasteiger partial charge in [0.15, 0.2) is 0 Å². The van der Waals surface area contributed by atoms with Crippen LogP contribution >= 0.6 is 0 Å². The largest absolute Gasteiger partial charge is 0.351 e. The van der Waals surface area contributed by atoms with Gasteiger partial charge >= 0.3 is 0 Å². The second kappa shape index (κ2) is 4.97. The van der Waals surface area contributed by atoms with E-state index in [4.69, 9.17) is 0 Å². The van der Waals surface area contributed by atoms with E-state index in [1.165, 1.54) is 12.8 Å². The molecule has 0 aromatic rings. The highest BCUT2D eigenvalue weighted by atomic mass is 16.1. The Labute approximate surface area is 93.2 Å². The normalized spacial score (nSPS) is 23.9. The van der Waals surface area contributed by atoms with Crippen molar-refractivity contribution in [2.24, 2.45) is 0 Å². The van der Waals surface area contributed by atoms with Gasteiger partial charge in [-0.25, -0.2) is 0 Å². The Kier molecular flexibility index (Phi) is 4.14. The molecule has 15 heavy (non-hydrogen) atoms. The van der Waals surface area contributed by atoms with Crippen LogP contribution in [0.1, 0.15) is 46.5 Å². The zero-order chi connectivity index (χ0) is 11.5. The van der Waals surface area contributed by atoms with Crippen LogP contribution < -0.4 is 5.32 Å². The quantitative estimate of drug-likeness (QED) is 0.756. The second-order valence-corrected chi connectivity index (χ2v) is 5.63. The summed E-state index contributed by atoms with van der Waals surface area (Å²) in [4.78, 5) is 14.0. The smallest absolute Gasteiger partial charge is 0.221 e. The third-order valence-corrected chi connectivity index (χ3v) is 2.86. The lowest BCUT2D eigenvalue weighted by Crippen LogP contribution is -2.45. The number of rotatable bonds is 2. The SMILES string of the molecule is CN1CCCCC1CC(=O)NC(C)(C)C. The predicted octanol–water partition coefficient (Wildman–Crippen LogP) is 1.78. The standard InChI is InChI=1S/C12H24N2O/c1-12(2,3)13-11(15)9-10-7-5-6-8-14(10)4/h10H,5-9H2,1-4H3,(H,13,15). The van der Waals surface area contributed by atoms with Gasteiger partial charge in [0.25, 0.3) is 0 Å². The van der Waals surface area contributed by atoms with E-state index in [9.17, 15) is 4.79 Å². The fraction of sp³-hybridized carbons (Fsp3) is 0.917. The van der Waals surface area contributed by atoms with E-state index < -0.39 is 0 Å². The lowest BCUT2D eigenvalue weighted by molar-refractivity contribution is -0.123. The molecule has 1 heterocycles. The highest BCUT2D eigenvalue weighted by Gasteiger charge is 2.23. The molecule has 0 aromatic carbocycles. The number of likely N-dealkylation sites (tertiary alicyclic amines) is 1. The molecule has 1 rings (SSSR count). The molecule has 1 amide bonds. The molecule has 1 aliphatic rings. The Morgan fingerprint density at radius 2 is 2.07 bits per heavy atom. The highest BCUT2D eigenvalue weighted by molar-refractivity contribution is 5.77. The van der Waals surface area contributed by atoms with Gasteiger partial charge in [-0.15, -0.1) is 0 Å². The minimum absolute atomic E-state index is 0.107. The summed E-state index contributed by atoms with van der Waals surface area (Å²) < 4.78 is 0. The van der Waals surface area contributed by atoms with Gasteiger partial charge in [0.05, 0.1) is 0 Å². The zero-order valence-electron chi connectivity index (χ0n) is 10.5. The minimum Gasteiger partial charge on any atom is -0.351 e. The molecule has 1 saturated heterocycles. The van der Waals surface area contributed by atoms with Gasteiger partial charge in [0.1, 0.15) is 0 Å². The number of piperidine rings is 1. The number of nitrogens with one attached hydrogen (secondary N) is 1. The van der Waals surface area contributed by atoms with Crippen molar-refractivity contribution in [3.8, 4) is 0 Å². The number of hydrogen-bond acceptors (Lipinski definition) is 2. The maximum atomic E-state index is 11.7. The third kappa shape index (κ3) is 4.65. The first-order valence-electron chi connectivity index (χ1n) is 5.90. The summed E-state index contributed by atoms with van der Waals surface area (Å²) in [5, 5.41) is 3.02. The van der Waals surface area contributed by atoms with Gasteiger partial charge < -0.3 is 10.2 Å². The summed E-state index contributed by atoms with van der Waals surface area (Å²) in [7, 11) is 2.12. The van der Waals surface area contributed by atoms with Crippen LogP contribution in [0.25, 0.3) is 0 Å². The van der Waals surface area contributed by atoms with Crippen LogP contribution in [0.5, 0.6) is 0 Å². The summed E-state index contributed by atoms with van der Waals surface area (Å²) in [6, 6.07) is 0.445. The van der Waals surface area contributed by atoms with Gasteiger partial charge in [-0.05, 0) is 47.2 Å². The molecular weight excluding hydrogens is 188 g/mol. The van der Waals surface area contributed by atoms with E-state index in [1.54, 1.807) is 0 Å². The van der Waals surface area contributed by atoms with Crippen molar-refractivity contribution in [3.05, 3.63) is 0 Å². The monoisotopic (exact) mass is 212 g/mol. The Morgan fingerprint density at radius 1 is 1.40 bits per heavy atom. The second-order valence-electron chi connectivity index (χ2n) is 5.63. The van der Waals surface area contributed by atoms with Crippen molar-refractivity contribution in [3.63, 3.8) is 0 Å². The summed E-state index contributed by atoms with van der Waals surface area (Å²) in [5.74, 6) is 0.182. The lowest BCUT2D eigenvalue weighted by atomic mass is 9.99. The van der Waals surface area contributed by atoms with Crippen LogP contribution in [0, 0.1) is 0 Å². The van der Waals surface area contributed by atoms with Gasteiger partial charge in [0, 0.05) is 18.0 Å². The molecule has 1 fully saturated rings. The average molecular weight is 212 g/mol. The third-order valence-electron chi connectivity index (χ3n) is 2.86. The maximum absolute atomic E-state index is 11.7. The summed E-state index contributed by atoms with van der Waals surface area (Å²) in [6.45, 7) is 7.20. The molecular formula is C12H24N2O. The van der Waals surface area contributed by atoms with Crippen LogP contribution in [-0.2, 0) is 4.79 Å². The van der Waals surface area contributed by atoms with Crippen LogP contribution in [0.3, 0.4) is 0 Å². The number of hydrogen-bond donors (Lipinski definition) is 1. The Morgan fingerprint density at radius 3 is 2.60 bits per heavy atom. The fourth-order valence-corrected chi connectivity index (χ4v) is 2.09. The fourth-order valence-electron chi connectivity index (χ4n) is 2.09. The van der Waals surface area contributed by atoms with Crippen molar-refractivity contribution in [1.82, 2.24) is 10.2 Å². The lowest BCUT2D eigenvalue weighted by Gasteiger charge is -2.32. The zero-order valence-corrected chi connectivity index (χ0v) is 10.5. The minimum atomic E-state index is -0.107. The molecule has 1 atom stereocenters. The Hall–Kier alpha value is -0.570. The molecule has 1 unspecified atom stereocenters. The number of amides is 1. The van der Waals surface area contributed by atoms with E-state index in [0.717, 1.165) is 13.0 Å². The molecule has 88 valence electrons. The molecule has 0 aliphatic carbocycles. The van der Waals surface area contributed by atoms with Crippen LogP contribution in [0.4, 0.5) is 0 Å². The molecule has 1 N–H and O–H groups in total. The molecule has 0 saturated carbocycles. The molecule has 0 radical (unpaired) electrons. The van der Waals surface area contributed by atoms with E-state index >= 15 is 0 Å². The van der Waals surface area contributed by atoms with Crippen molar-refractivity contribution >= 4 is 5.91 Å². The first-order valence-corrected chi connectivity index (χ1v) is 5.90. The molecule has 1 aliphatic heterocycles. The van der Waals surface area contributed by atoms with Crippen molar-refractivity contribution in [1.29, 1.82) is 0 Å². The summed E-state index contributed by atoms with van der Waals surface area (Å²) in [6.07, 6.45) is 4.34. The van der Waals surface area contributed by atoms with Crippen LogP contribution in [0.2, 0.25) is 0 Å². The number of carbonyl (C=O) groups excluding carboxylic acids is 1. The number of nitrogens with zero attached hydrogens (tertiary/aromatic N) is 1. The van der Waals surface area contributed by atoms with Crippen LogP contribution in [0.15, 0.2) is 0 Å². The highest BCUT2D eigenvalue weighted by Crippen LogP contribution is 2.17. The van der Waals surface area contributed by atoms with Gasteiger partial charge in [-0.1, -0.05) is 6.42 Å². The summed E-state index contributed by atoms with van der Waals surface area (Å²) in [5.41, 5.74) is -0.107. The first kappa shape index (κ1) is 12.5. The van der Waals surface area contributed by atoms with Crippen molar-refractivity contribution in [2.75, 3.05) is 13.6 Å². The van der Waals surface area contributed by atoms with E-state index in [1.807, 2.05) is 20.8 Å². The Balaban J connectivity index is 2.36. The molecule has 3 nitrogen and oxygen atoms in total. The molecule has 0 aromatic heterocycles. The Bertz CT molecular complexity index is 220. The van der Waals surface area contributed by atoms with Crippen molar-refractivity contribution < 1.29 is 4.79 Å². The van der Waals surface area contributed by atoms with E-state index in [2.05, 4.69) is 17.3 Å². The predicted molar refractivity (Wildman–Crippen MR) is 62.8 cm³/mol. The molecule has 0 spiro atoms. The summed E-state index contributed by atoms with van der Waals surface area (Å²) >= 11 is 0. The van der Waals surface area contributed by atoms with E-state index in [-0.39, 0.29) is 11.4 Å². The van der Waals surface area contributed by atoms with E-state index in [0.29, 0.717) is 12.5 Å².